The third-order valence-electron chi connectivity index (χ3n) is 3.15. The first-order valence-electron chi connectivity index (χ1n) is 7.17. The molecule has 0 aromatic carbocycles. The van der Waals surface area contributed by atoms with Crippen LogP contribution in [0, 0.1) is 0 Å². The van der Waals surface area contributed by atoms with Gasteiger partial charge in [-0.25, -0.2) is 14.6 Å². The van der Waals surface area contributed by atoms with Crippen LogP contribution in [-0.2, 0) is 9.53 Å². The van der Waals surface area contributed by atoms with Gasteiger partial charge in [0.25, 0.3) is 0 Å². The van der Waals surface area contributed by atoms with Crippen molar-refractivity contribution in [3.05, 3.63) is 35.7 Å². The summed E-state index contributed by atoms with van der Waals surface area (Å²) in [5.41, 5.74) is 1.08. The van der Waals surface area contributed by atoms with Gasteiger partial charge in [-0.05, 0) is 25.5 Å². The topological polar surface area (TPSA) is 80.3 Å². The molecule has 1 atom stereocenters. The molecule has 0 spiro atoms. The van der Waals surface area contributed by atoms with Gasteiger partial charge in [0.2, 0.25) is 0 Å². The largest absolute Gasteiger partial charge is 0.463 e. The van der Waals surface area contributed by atoms with Crippen molar-refractivity contribution in [2.75, 3.05) is 12.4 Å². The Morgan fingerprint density at radius 2 is 2.23 bits per heavy atom. The average molecular weight is 321 g/mol. The first-order chi connectivity index (χ1) is 10.7. The molecule has 2 heterocycles. The molecular formula is C15H19N3O3S. The number of ether oxygens (including phenoxy) is 1. The molecule has 0 saturated heterocycles. The fourth-order valence-corrected chi connectivity index (χ4v) is 2.98. The zero-order chi connectivity index (χ0) is 15.9. The zero-order valence-corrected chi connectivity index (χ0v) is 13.4. The second-order valence-corrected chi connectivity index (χ2v) is 5.62. The van der Waals surface area contributed by atoms with E-state index in [9.17, 15) is 9.59 Å². The van der Waals surface area contributed by atoms with Gasteiger partial charge in [-0.3, -0.25) is 0 Å². The Labute approximate surface area is 133 Å². The third kappa shape index (κ3) is 4.00. The molecule has 0 bridgehead atoms. The Kier molecular flexibility index (Phi) is 5.83. The lowest BCUT2D eigenvalue weighted by Gasteiger charge is -2.28. The number of urea groups is 1. The second-order valence-electron chi connectivity index (χ2n) is 4.63. The summed E-state index contributed by atoms with van der Waals surface area (Å²) in [6.07, 6.45) is 2.33. The highest BCUT2D eigenvalue weighted by atomic mass is 32.2. The molecule has 0 aliphatic carbocycles. The number of amides is 2. The molecule has 6 nitrogen and oxygen atoms in total. The normalized spacial score (nSPS) is 17.7. The van der Waals surface area contributed by atoms with E-state index < -0.39 is 5.97 Å². The maximum atomic E-state index is 12.2. The van der Waals surface area contributed by atoms with Crippen LogP contribution in [0.2, 0.25) is 0 Å². The summed E-state index contributed by atoms with van der Waals surface area (Å²) in [5.74, 6) is 0.0631. The molecule has 2 rings (SSSR count). The summed E-state index contributed by atoms with van der Waals surface area (Å²) in [4.78, 5) is 28.2. The highest BCUT2D eigenvalue weighted by molar-refractivity contribution is 7.99. The fourth-order valence-electron chi connectivity index (χ4n) is 2.15. The van der Waals surface area contributed by atoms with Gasteiger partial charge >= 0.3 is 12.0 Å². The van der Waals surface area contributed by atoms with Crippen molar-refractivity contribution in [2.24, 2.45) is 0 Å². The van der Waals surface area contributed by atoms with Gasteiger partial charge in [0.1, 0.15) is 0 Å². The van der Waals surface area contributed by atoms with Crippen molar-refractivity contribution >= 4 is 23.8 Å². The summed E-state index contributed by atoms with van der Waals surface area (Å²) in [7, 11) is 0. The Hall–Kier alpha value is -2.02. The van der Waals surface area contributed by atoms with Crippen LogP contribution in [0.4, 0.5) is 4.79 Å². The molecule has 22 heavy (non-hydrogen) atoms. The zero-order valence-electron chi connectivity index (χ0n) is 12.6. The van der Waals surface area contributed by atoms with E-state index in [4.69, 9.17) is 4.74 Å². The molecule has 1 aliphatic heterocycles. The lowest BCUT2D eigenvalue weighted by molar-refractivity contribution is -0.139. The van der Waals surface area contributed by atoms with Crippen LogP contribution in [0.25, 0.3) is 0 Å². The SMILES string of the molecule is CCOC(=O)C1=C(CSc2ccccn2)NC(=O)NC1CC. The number of carbonyl (C=O) groups excluding carboxylic acids is 2. The third-order valence-corrected chi connectivity index (χ3v) is 4.12. The number of thioether (sulfide) groups is 1. The van der Waals surface area contributed by atoms with Gasteiger partial charge < -0.3 is 15.4 Å². The lowest BCUT2D eigenvalue weighted by Crippen LogP contribution is -2.50. The van der Waals surface area contributed by atoms with E-state index in [1.54, 1.807) is 13.1 Å². The van der Waals surface area contributed by atoms with Gasteiger partial charge in [-0.2, -0.15) is 0 Å². The van der Waals surface area contributed by atoms with Crippen molar-refractivity contribution < 1.29 is 14.3 Å². The lowest BCUT2D eigenvalue weighted by atomic mass is 10.0. The second kappa shape index (κ2) is 7.84. The molecule has 7 heteroatoms. The quantitative estimate of drug-likeness (QED) is 0.619. The number of aromatic nitrogens is 1. The number of pyridine rings is 1. The molecule has 1 aromatic heterocycles. The predicted octanol–water partition coefficient (Wildman–Crippen LogP) is 2.08. The number of nitrogens with zero attached hydrogens (tertiary/aromatic N) is 1. The van der Waals surface area contributed by atoms with Crippen molar-refractivity contribution in [1.82, 2.24) is 15.6 Å². The number of carbonyl (C=O) groups is 2. The van der Waals surface area contributed by atoms with Crippen LogP contribution in [0.1, 0.15) is 20.3 Å². The highest BCUT2D eigenvalue weighted by Gasteiger charge is 2.31. The summed E-state index contributed by atoms with van der Waals surface area (Å²) >= 11 is 1.46. The Bertz CT molecular complexity index is 575. The molecule has 1 aliphatic rings. The molecule has 118 valence electrons. The maximum absolute atomic E-state index is 12.2. The molecule has 1 unspecified atom stereocenters. The molecule has 2 amide bonds. The van der Waals surface area contributed by atoms with Crippen LogP contribution in [0.15, 0.2) is 40.7 Å². The van der Waals surface area contributed by atoms with Gasteiger partial charge in [0.05, 0.1) is 23.2 Å². The van der Waals surface area contributed by atoms with Gasteiger partial charge in [0, 0.05) is 17.6 Å². The minimum Gasteiger partial charge on any atom is -0.463 e. The standard InChI is InChI=1S/C15H19N3O3S/c1-3-10-13(14(19)21-4-2)11(18-15(20)17-10)9-22-12-7-5-6-8-16-12/h5-8,10H,3-4,9H2,1-2H3,(H2,17,18,20). The summed E-state index contributed by atoms with van der Waals surface area (Å²) in [6, 6.07) is 5.00. The Morgan fingerprint density at radius 1 is 1.41 bits per heavy atom. The first kappa shape index (κ1) is 16.4. The molecule has 0 radical (unpaired) electrons. The van der Waals surface area contributed by atoms with Gasteiger partial charge in [-0.15, -0.1) is 11.8 Å². The van der Waals surface area contributed by atoms with Crippen LogP contribution in [0.3, 0.4) is 0 Å². The van der Waals surface area contributed by atoms with Gasteiger partial charge in [-0.1, -0.05) is 13.0 Å². The van der Waals surface area contributed by atoms with Gasteiger partial charge in [0.15, 0.2) is 0 Å². The number of nitrogens with one attached hydrogen (secondary N) is 2. The smallest absolute Gasteiger partial charge is 0.337 e. The number of hydrogen-bond donors (Lipinski definition) is 2. The Morgan fingerprint density at radius 3 is 2.86 bits per heavy atom. The average Bonchev–Trinajstić information content (AvgIpc) is 2.53. The minimum absolute atomic E-state index is 0.295. The molecule has 0 fully saturated rings. The van der Waals surface area contributed by atoms with E-state index in [2.05, 4.69) is 15.6 Å². The highest BCUT2D eigenvalue weighted by Crippen LogP contribution is 2.23. The van der Waals surface area contributed by atoms with Crippen molar-refractivity contribution in [3.8, 4) is 0 Å². The van der Waals surface area contributed by atoms with Crippen molar-refractivity contribution in [1.29, 1.82) is 0 Å². The fraction of sp³-hybridized carbons (Fsp3) is 0.400. The van der Waals surface area contributed by atoms with Crippen LogP contribution < -0.4 is 10.6 Å². The van der Waals surface area contributed by atoms with E-state index in [1.807, 2.05) is 25.1 Å². The molecule has 1 aromatic rings. The number of rotatable bonds is 6. The van der Waals surface area contributed by atoms with E-state index in [1.165, 1.54) is 11.8 Å². The van der Waals surface area contributed by atoms with Crippen LogP contribution in [-0.4, -0.2) is 35.4 Å². The number of hydrogen-bond acceptors (Lipinski definition) is 5. The van der Waals surface area contributed by atoms with Crippen LogP contribution in [0.5, 0.6) is 0 Å². The monoisotopic (exact) mass is 321 g/mol. The van der Waals surface area contributed by atoms with Crippen LogP contribution >= 0.6 is 11.8 Å². The van der Waals surface area contributed by atoms with E-state index >= 15 is 0 Å². The molecule has 0 saturated carbocycles. The predicted molar refractivity (Wildman–Crippen MR) is 84.4 cm³/mol. The summed E-state index contributed by atoms with van der Waals surface area (Å²) in [5, 5.41) is 6.30. The van der Waals surface area contributed by atoms with Crippen molar-refractivity contribution in [2.45, 2.75) is 31.3 Å². The maximum Gasteiger partial charge on any atom is 0.337 e. The van der Waals surface area contributed by atoms with E-state index in [-0.39, 0.29) is 12.1 Å². The molecule has 2 N–H and O–H groups in total. The minimum atomic E-state index is -0.390. The van der Waals surface area contributed by atoms with E-state index in [0.29, 0.717) is 30.1 Å². The molecular weight excluding hydrogens is 302 g/mol. The van der Waals surface area contributed by atoms with Crippen molar-refractivity contribution in [3.63, 3.8) is 0 Å². The first-order valence-corrected chi connectivity index (χ1v) is 8.15. The van der Waals surface area contributed by atoms with E-state index in [0.717, 1.165) is 5.03 Å². The summed E-state index contributed by atoms with van der Waals surface area (Å²) in [6.45, 7) is 3.98. The summed E-state index contributed by atoms with van der Waals surface area (Å²) < 4.78 is 5.12. The Balaban J connectivity index is 2.23. The number of esters is 1.